The lowest BCUT2D eigenvalue weighted by atomic mass is 10.1. The van der Waals surface area contributed by atoms with E-state index in [0.717, 1.165) is 17.2 Å². The normalized spacial score (nSPS) is 17.5. The molecule has 0 amide bonds. The summed E-state index contributed by atoms with van der Waals surface area (Å²) in [6.07, 6.45) is 1.23. The number of fused-ring (bicyclic) bond motifs is 1. The average molecular weight is 327 g/mol. The fourth-order valence-corrected chi connectivity index (χ4v) is 3.97. The summed E-state index contributed by atoms with van der Waals surface area (Å²) in [5.41, 5.74) is 1.83. The second-order valence-electron chi connectivity index (χ2n) is 5.08. The standard InChI is InChI=1S/C15H12F3NO2S/c16-11-6-8-13(15(18)14(11)17)22(20,21)19-12-7-5-9-3-1-2-4-10(9)12/h1-4,6,8,12,19H,5,7H2. The van der Waals surface area contributed by atoms with Crippen LogP contribution in [0.3, 0.4) is 0 Å². The Morgan fingerprint density at radius 1 is 1.00 bits per heavy atom. The predicted octanol–water partition coefficient (Wildman–Crippen LogP) is 3.07. The van der Waals surface area contributed by atoms with Crippen molar-refractivity contribution in [3.63, 3.8) is 0 Å². The molecule has 3 nitrogen and oxygen atoms in total. The molecular weight excluding hydrogens is 315 g/mol. The van der Waals surface area contributed by atoms with Gasteiger partial charge in [-0.15, -0.1) is 0 Å². The molecule has 0 heterocycles. The number of hydrogen-bond donors (Lipinski definition) is 1. The van der Waals surface area contributed by atoms with Crippen molar-refractivity contribution in [2.24, 2.45) is 0 Å². The average Bonchev–Trinajstić information content (AvgIpc) is 2.87. The first-order valence-electron chi connectivity index (χ1n) is 6.64. The molecule has 1 aliphatic rings. The summed E-state index contributed by atoms with van der Waals surface area (Å²) in [6.45, 7) is 0. The highest BCUT2D eigenvalue weighted by molar-refractivity contribution is 7.89. The van der Waals surface area contributed by atoms with E-state index in [9.17, 15) is 21.6 Å². The molecule has 1 atom stereocenters. The second kappa shape index (κ2) is 5.40. The van der Waals surface area contributed by atoms with Crippen molar-refractivity contribution in [1.29, 1.82) is 0 Å². The number of benzene rings is 2. The zero-order valence-electron chi connectivity index (χ0n) is 11.3. The Bertz CT molecular complexity index is 837. The van der Waals surface area contributed by atoms with Crippen LogP contribution in [0.4, 0.5) is 13.2 Å². The third kappa shape index (κ3) is 2.50. The Labute approximate surface area is 125 Å². The monoisotopic (exact) mass is 327 g/mol. The minimum Gasteiger partial charge on any atom is -0.207 e. The maximum Gasteiger partial charge on any atom is 0.244 e. The molecule has 0 aromatic heterocycles. The van der Waals surface area contributed by atoms with Crippen molar-refractivity contribution < 1.29 is 21.6 Å². The van der Waals surface area contributed by atoms with E-state index in [0.29, 0.717) is 18.9 Å². The van der Waals surface area contributed by atoms with Gasteiger partial charge in [0.25, 0.3) is 0 Å². The molecule has 3 rings (SSSR count). The van der Waals surface area contributed by atoms with Crippen molar-refractivity contribution in [2.45, 2.75) is 23.8 Å². The largest absolute Gasteiger partial charge is 0.244 e. The number of nitrogens with one attached hydrogen (secondary N) is 1. The van der Waals surface area contributed by atoms with E-state index in [1.165, 1.54) is 0 Å². The SMILES string of the molecule is O=S(=O)(NC1CCc2ccccc21)c1ccc(F)c(F)c1F. The van der Waals surface area contributed by atoms with Crippen molar-refractivity contribution >= 4 is 10.0 Å². The first kappa shape index (κ1) is 15.1. The van der Waals surface area contributed by atoms with Crippen LogP contribution < -0.4 is 4.72 Å². The predicted molar refractivity (Wildman–Crippen MR) is 74.1 cm³/mol. The molecule has 22 heavy (non-hydrogen) atoms. The van der Waals surface area contributed by atoms with Crippen molar-refractivity contribution in [2.75, 3.05) is 0 Å². The van der Waals surface area contributed by atoms with Gasteiger partial charge in [-0.25, -0.2) is 26.3 Å². The van der Waals surface area contributed by atoms with Gasteiger partial charge in [0.1, 0.15) is 4.90 Å². The summed E-state index contributed by atoms with van der Waals surface area (Å²) in [5, 5.41) is 0. The van der Waals surface area contributed by atoms with Crippen LogP contribution in [0.1, 0.15) is 23.6 Å². The summed E-state index contributed by atoms with van der Waals surface area (Å²) < 4.78 is 66.7. The molecule has 1 N–H and O–H groups in total. The highest BCUT2D eigenvalue weighted by Gasteiger charge is 2.30. The van der Waals surface area contributed by atoms with Gasteiger partial charge in [0, 0.05) is 6.04 Å². The molecule has 1 aliphatic carbocycles. The fraction of sp³-hybridized carbons (Fsp3) is 0.200. The molecule has 7 heteroatoms. The summed E-state index contributed by atoms with van der Waals surface area (Å²) in [5.74, 6) is -4.93. The highest BCUT2D eigenvalue weighted by Crippen LogP contribution is 2.32. The number of hydrogen-bond acceptors (Lipinski definition) is 2. The van der Waals surface area contributed by atoms with E-state index in [-0.39, 0.29) is 0 Å². The van der Waals surface area contributed by atoms with Crippen LogP contribution in [0.2, 0.25) is 0 Å². The zero-order valence-corrected chi connectivity index (χ0v) is 12.1. The Hall–Kier alpha value is -1.86. The highest BCUT2D eigenvalue weighted by atomic mass is 32.2. The third-order valence-electron chi connectivity index (χ3n) is 3.72. The number of aryl methyl sites for hydroxylation is 1. The van der Waals surface area contributed by atoms with Gasteiger partial charge in [0.2, 0.25) is 10.0 Å². The van der Waals surface area contributed by atoms with E-state index in [1.54, 1.807) is 12.1 Å². The lowest BCUT2D eigenvalue weighted by Gasteiger charge is -2.15. The molecular formula is C15H12F3NO2S. The summed E-state index contributed by atoms with van der Waals surface area (Å²) in [7, 11) is -4.29. The van der Waals surface area contributed by atoms with Gasteiger partial charge in [-0.1, -0.05) is 24.3 Å². The Kier molecular flexibility index (Phi) is 3.70. The Balaban J connectivity index is 1.94. The molecule has 0 radical (unpaired) electrons. The van der Waals surface area contributed by atoms with E-state index in [2.05, 4.69) is 4.72 Å². The summed E-state index contributed by atoms with van der Waals surface area (Å²) in [4.78, 5) is -0.893. The van der Waals surface area contributed by atoms with E-state index in [1.807, 2.05) is 12.1 Å². The van der Waals surface area contributed by atoms with Gasteiger partial charge in [0.05, 0.1) is 0 Å². The molecule has 0 bridgehead atoms. The minimum atomic E-state index is -4.29. The van der Waals surface area contributed by atoms with Crippen LogP contribution >= 0.6 is 0 Å². The van der Waals surface area contributed by atoms with Crippen LogP contribution in [0.15, 0.2) is 41.3 Å². The molecule has 2 aromatic carbocycles. The van der Waals surface area contributed by atoms with Crippen molar-refractivity contribution in [1.82, 2.24) is 4.72 Å². The van der Waals surface area contributed by atoms with Gasteiger partial charge in [-0.05, 0) is 36.1 Å². The number of sulfonamides is 1. The molecule has 0 saturated carbocycles. The van der Waals surface area contributed by atoms with E-state index in [4.69, 9.17) is 0 Å². The molecule has 1 unspecified atom stereocenters. The van der Waals surface area contributed by atoms with E-state index >= 15 is 0 Å². The van der Waals surface area contributed by atoms with Gasteiger partial charge in [0.15, 0.2) is 17.5 Å². The van der Waals surface area contributed by atoms with Crippen LogP contribution in [0, 0.1) is 17.5 Å². The quantitative estimate of drug-likeness (QED) is 0.881. The number of rotatable bonds is 3. The lowest BCUT2D eigenvalue weighted by molar-refractivity contribution is 0.431. The van der Waals surface area contributed by atoms with Gasteiger partial charge in [-0.2, -0.15) is 0 Å². The minimum absolute atomic E-state index is 0.506. The maximum absolute atomic E-state index is 13.7. The van der Waals surface area contributed by atoms with Crippen molar-refractivity contribution in [3.8, 4) is 0 Å². The molecule has 0 saturated heterocycles. The molecule has 116 valence electrons. The lowest BCUT2D eigenvalue weighted by Crippen LogP contribution is -2.28. The first-order valence-corrected chi connectivity index (χ1v) is 8.12. The number of halogens is 3. The van der Waals surface area contributed by atoms with Gasteiger partial charge < -0.3 is 0 Å². The van der Waals surface area contributed by atoms with Crippen LogP contribution in [0.25, 0.3) is 0 Å². The first-order chi connectivity index (χ1) is 10.4. The topological polar surface area (TPSA) is 46.2 Å². The fourth-order valence-electron chi connectivity index (χ4n) is 2.65. The Morgan fingerprint density at radius 2 is 1.73 bits per heavy atom. The van der Waals surface area contributed by atoms with Crippen LogP contribution in [-0.2, 0) is 16.4 Å². The second-order valence-corrected chi connectivity index (χ2v) is 6.77. The summed E-state index contributed by atoms with van der Waals surface area (Å²) >= 11 is 0. The molecule has 0 spiro atoms. The van der Waals surface area contributed by atoms with Crippen LogP contribution in [0.5, 0.6) is 0 Å². The van der Waals surface area contributed by atoms with E-state index < -0.39 is 38.4 Å². The molecule has 0 fully saturated rings. The van der Waals surface area contributed by atoms with Gasteiger partial charge >= 0.3 is 0 Å². The van der Waals surface area contributed by atoms with Gasteiger partial charge in [-0.3, -0.25) is 0 Å². The van der Waals surface area contributed by atoms with Crippen molar-refractivity contribution in [3.05, 3.63) is 65.0 Å². The molecule has 2 aromatic rings. The molecule has 0 aliphatic heterocycles. The third-order valence-corrected chi connectivity index (χ3v) is 5.21. The maximum atomic E-state index is 13.7. The summed E-state index contributed by atoms with van der Waals surface area (Å²) in [6, 6.07) is 8.12. The Morgan fingerprint density at radius 3 is 2.50 bits per heavy atom. The smallest absolute Gasteiger partial charge is 0.207 e. The van der Waals surface area contributed by atoms with Crippen LogP contribution in [-0.4, -0.2) is 8.42 Å². The zero-order chi connectivity index (χ0) is 15.9.